The monoisotopic (exact) mass is 668 g/mol. The zero-order chi connectivity index (χ0) is 28.9. The molecule has 218 valence electrons. The number of anilines is 1. The minimum atomic E-state index is -1.14. The number of nitrogen functional groups attached to an aromatic ring is 1. The molecule has 1 unspecified atom stereocenters. The maximum absolute atomic E-state index is 13.0. The van der Waals surface area contributed by atoms with Crippen molar-refractivity contribution in [2.75, 3.05) is 49.8 Å². The molecule has 0 aliphatic carbocycles. The molecular weight excluding hydrogens is 642 g/mol. The highest BCUT2D eigenvalue weighted by molar-refractivity contribution is 8.23. The van der Waals surface area contributed by atoms with Gasteiger partial charge in [0.2, 0.25) is 5.91 Å². The number of fused-ring (bicyclic) bond motifs is 1. The van der Waals surface area contributed by atoms with E-state index in [4.69, 9.17) is 22.5 Å². The molecule has 40 heavy (non-hydrogen) atoms. The molecule has 1 fully saturated rings. The van der Waals surface area contributed by atoms with Crippen LogP contribution in [0.1, 0.15) is 0 Å². The highest BCUT2D eigenvalue weighted by Crippen LogP contribution is 2.54. The molecule has 1 aromatic rings. The molecular formula is C20H27ClN9O5S5+. The number of carbonyl (C=O) groups is 3. The van der Waals surface area contributed by atoms with Crippen molar-refractivity contribution >= 4 is 105 Å². The molecule has 0 bridgehead atoms. The molecule has 4 rings (SSSR count). The van der Waals surface area contributed by atoms with Crippen molar-refractivity contribution in [2.24, 2.45) is 5.16 Å². The molecule has 0 radical (unpaired) electrons. The van der Waals surface area contributed by atoms with Gasteiger partial charge < -0.3 is 26.7 Å². The fourth-order valence-corrected chi connectivity index (χ4v) is 10.1. The van der Waals surface area contributed by atoms with Crippen LogP contribution >= 0.6 is 70.2 Å². The molecule has 4 heterocycles. The number of hydrogen-bond donors (Lipinski definition) is 6. The van der Waals surface area contributed by atoms with Gasteiger partial charge in [0.15, 0.2) is 21.4 Å². The Morgan fingerprint density at radius 3 is 2.88 bits per heavy atom. The van der Waals surface area contributed by atoms with Crippen molar-refractivity contribution in [1.82, 2.24) is 35.1 Å². The van der Waals surface area contributed by atoms with Gasteiger partial charge in [0.25, 0.3) is 0 Å². The molecule has 14 nitrogen and oxygen atoms in total. The number of thiazole rings is 1. The fourth-order valence-electron chi connectivity index (χ4n) is 3.86. The standard InChI is InChI=1S/C20H26ClN9O5S5/c1-23-3-4-24-5-7-36-10-28-9-13(38-14-17(32)29-11(19(33)34)2-6-37-18(14)29)40-30(28,27-12(31)8-25-35)16-15(21)39-20(22)26-16/h2,8-9,14,18,23-24H,3-7,10H2,1H3,(H4-,22,26,27,31,33,34,35)/p+1/t14-,18+,30?/m1/s1. The Labute approximate surface area is 255 Å². The van der Waals surface area contributed by atoms with E-state index in [9.17, 15) is 19.5 Å². The second kappa shape index (κ2) is 13.9. The average molecular weight is 669 g/mol. The van der Waals surface area contributed by atoms with Crippen molar-refractivity contribution in [3.05, 3.63) is 26.5 Å². The molecule has 7 N–H and O–H groups in total. The minimum Gasteiger partial charge on any atom is -0.477 e. The number of likely N-dealkylation sites (N-methyl/N-ethyl adjacent to an activating group) is 1. The maximum Gasteiger partial charge on any atom is 0.352 e. The summed E-state index contributed by atoms with van der Waals surface area (Å²) in [5, 5.41) is 28.8. The van der Waals surface area contributed by atoms with Gasteiger partial charge in [0, 0.05) is 31.1 Å². The number of β-lactam (4-membered cyclic amide) rings is 1. The molecule has 0 saturated carbocycles. The van der Waals surface area contributed by atoms with Crippen LogP contribution in [0.5, 0.6) is 0 Å². The summed E-state index contributed by atoms with van der Waals surface area (Å²) in [5.74, 6) is -0.273. The first-order valence-corrected chi connectivity index (χ1v) is 16.7. The van der Waals surface area contributed by atoms with Gasteiger partial charge in [-0.2, -0.15) is 15.4 Å². The largest absolute Gasteiger partial charge is 0.477 e. The van der Waals surface area contributed by atoms with Gasteiger partial charge >= 0.3 is 17.7 Å². The first-order valence-electron chi connectivity index (χ1n) is 11.7. The lowest BCUT2D eigenvalue weighted by Gasteiger charge is -2.47. The SMILES string of the molecule is CNCCNCCSCN1C=C(S[C@@H]2C(=O)N3C(C(=O)O)=CCS[C@@H]23)S[N+]1(NC(=O)C=NO)c1nc(N)sc1Cl. The highest BCUT2D eigenvalue weighted by Gasteiger charge is 2.56. The van der Waals surface area contributed by atoms with E-state index in [1.807, 2.05) is 7.05 Å². The molecule has 20 heteroatoms. The quantitative estimate of drug-likeness (QED) is 0.0317. The molecule has 1 aromatic heterocycles. The number of hydrogen-bond acceptors (Lipinski definition) is 15. The van der Waals surface area contributed by atoms with Crippen molar-refractivity contribution in [1.29, 1.82) is 0 Å². The summed E-state index contributed by atoms with van der Waals surface area (Å²) in [4.78, 5) is 43.0. The number of thioether (sulfide) groups is 3. The van der Waals surface area contributed by atoms with E-state index in [2.05, 4.69) is 26.2 Å². The number of carbonyl (C=O) groups excluding carboxylic acids is 2. The zero-order valence-corrected chi connectivity index (χ0v) is 25.8. The van der Waals surface area contributed by atoms with Crippen LogP contribution in [0.2, 0.25) is 4.34 Å². The van der Waals surface area contributed by atoms with Crippen molar-refractivity contribution in [3.63, 3.8) is 0 Å². The molecule has 0 spiro atoms. The Hall–Kier alpha value is -1.84. The predicted molar refractivity (Wildman–Crippen MR) is 164 cm³/mol. The van der Waals surface area contributed by atoms with Gasteiger partial charge in [-0.3, -0.25) is 14.5 Å². The summed E-state index contributed by atoms with van der Waals surface area (Å²) in [6.07, 6.45) is 4.06. The van der Waals surface area contributed by atoms with Gasteiger partial charge in [-0.05, 0) is 17.2 Å². The van der Waals surface area contributed by atoms with E-state index in [0.717, 1.165) is 42.9 Å². The third kappa shape index (κ3) is 6.62. The second-order valence-electron chi connectivity index (χ2n) is 8.18. The molecule has 0 aromatic carbocycles. The molecule has 3 aliphatic heterocycles. The van der Waals surface area contributed by atoms with Crippen LogP contribution in [0, 0.1) is 0 Å². The third-order valence-corrected chi connectivity index (χ3v) is 11.6. The van der Waals surface area contributed by atoms with Crippen LogP contribution < -0.4 is 25.9 Å². The number of amides is 2. The van der Waals surface area contributed by atoms with Gasteiger partial charge in [0.1, 0.15) is 32.6 Å². The Balaban J connectivity index is 1.57. The van der Waals surface area contributed by atoms with E-state index in [-0.39, 0.29) is 32.3 Å². The number of carboxylic acids is 1. The van der Waals surface area contributed by atoms with Crippen LogP contribution in [-0.2, 0) is 14.4 Å². The lowest BCUT2D eigenvalue weighted by atomic mass is 10.1. The fraction of sp³-hybridized carbons (Fsp3) is 0.450. The van der Waals surface area contributed by atoms with E-state index in [0.29, 0.717) is 15.9 Å². The number of aliphatic carboxylic acids is 1. The van der Waals surface area contributed by atoms with Crippen molar-refractivity contribution in [3.8, 4) is 0 Å². The zero-order valence-electron chi connectivity index (χ0n) is 21.0. The van der Waals surface area contributed by atoms with E-state index < -0.39 is 21.2 Å². The Morgan fingerprint density at radius 2 is 2.20 bits per heavy atom. The summed E-state index contributed by atoms with van der Waals surface area (Å²) in [5.41, 5.74) is 8.75. The van der Waals surface area contributed by atoms with Gasteiger partial charge in [0.05, 0.1) is 6.20 Å². The third-order valence-electron chi connectivity index (χ3n) is 5.61. The van der Waals surface area contributed by atoms with Gasteiger partial charge in [-0.1, -0.05) is 39.9 Å². The number of oxime groups is 1. The Kier molecular flexibility index (Phi) is 10.8. The molecule has 2 amide bonds. The van der Waals surface area contributed by atoms with Gasteiger partial charge in [-0.15, -0.1) is 23.5 Å². The number of nitrogens with zero attached hydrogens (tertiary/aromatic N) is 5. The highest BCUT2D eigenvalue weighted by atomic mass is 35.5. The molecule has 1 saturated heterocycles. The number of rotatable bonds is 14. The first kappa shape index (κ1) is 31.1. The minimum absolute atomic E-state index is 0.00887. The lowest BCUT2D eigenvalue weighted by Crippen LogP contribution is -2.63. The Morgan fingerprint density at radius 1 is 1.40 bits per heavy atom. The first-order chi connectivity index (χ1) is 19.2. The summed E-state index contributed by atoms with van der Waals surface area (Å²) in [6, 6.07) is 0. The summed E-state index contributed by atoms with van der Waals surface area (Å²) in [7, 11) is 1.89. The molecule has 3 aliphatic rings. The number of quaternary nitrogens is 1. The maximum atomic E-state index is 13.0. The van der Waals surface area contributed by atoms with E-state index in [1.165, 1.54) is 46.4 Å². The lowest BCUT2D eigenvalue weighted by molar-refractivity contribution is -0.145. The van der Waals surface area contributed by atoms with Crippen LogP contribution in [-0.4, -0.2) is 104 Å². The second-order valence-corrected chi connectivity index (χ2v) is 14.6. The van der Waals surface area contributed by atoms with Crippen LogP contribution in [0.4, 0.5) is 10.9 Å². The average Bonchev–Trinajstić information content (AvgIpc) is 3.44. The number of halogens is 1. The summed E-state index contributed by atoms with van der Waals surface area (Å²) in [6.45, 7) is 2.43. The van der Waals surface area contributed by atoms with Crippen molar-refractivity contribution in [2.45, 2.75) is 10.6 Å². The predicted octanol–water partition coefficient (Wildman–Crippen LogP) is 1.34. The summed E-state index contributed by atoms with van der Waals surface area (Å²) >= 11 is 13.1. The van der Waals surface area contributed by atoms with Crippen LogP contribution in [0.3, 0.4) is 0 Å². The topological polar surface area (TPSA) is 186 Å². The van der Waals surface area contributed by atoms with E-state index in [1.54, 1.807) is 23.0 Å². The Bertz CT molecular complexity index is 1230. The smallest absolute Gasteiger partial charge is 0.352 e. The van der Waals surface area contributed by atoms with Gasteiger partial charge in [-0.25, -0.2) is 4.79 Å². The van der Waals surface area contributed by atoms with Crippen LogP contribution in [0.25, 0.3) is 0 Å². The molecule has 3 atom stereocenters. The normalized spacial score (nSPS) is 24.1. The number of nitrogens with one attached hydrogen (secondary N) is 3. The number of carboxylic acid groups (broad SMARTS) is 1. The van der Waals surface area contributed by atoms with Crippen LogP contribution in [0.15, 0.2) is 27.4 Å². The van der Waals surface area contributed by atoms with E-state index >= 15 is 0 Å². The summed E-state index contributed by atoms with van der Waals surface area (Å²) < 4.78 is 0.476. The van der Waals surface area contributed by atoms with Crippen molar-refractivity contribution < 1.29 is 24.7 Å². The number of nitrogens with two attached hydrogens (primary N) is 1. The number of aromatic nitrogens is 1.